The highest BCUT2D eigenvalue weighted by atomic mass is 32.1. The highest BCUT2D eigenvalue weighted by Gasteiger charge is 2.32. The maximum absolute atomic E-state index is 13.1. The van der Waals surface area contributed by atoms with Crippen molar-refractivity contribution in [1.29, 1.82) is 0 Å². The minimum Gasteiger partial charge on any atom is -0.335 e. The Bertz CT molecular complexity index is 607. The minimum atomic E-state index is -0.238. The van der Waals surface area contributed by atoms with Gasteiger partial charge in [0.15, 0.2) is 0 Å². The Morgan fingerprint density at radius 1 is 1.29 bits per heavy atom. The quantitative estimate of drug-likeness (QED) is 0.789. The average molecular weight is 303 g/mol. The van der Waals surface area contributed by atoms with Crippen LogP contribution in [-0.2, 0) is 17.8 Å². The number of thiophene rings is 1. The Hall–Kier alpha value is -1.68. The number of aryl methyl sites for hydroxylation is 1. The van der Waals surface area contributed by atoms with Gasteiger partial charge in [-0.25, -0.2) is 4.39 Å². The summed E-state index contributed by atoms with van der Waals surface area (Å²) in [6.07, 6.45) is 3.27. The molecule has 1 amide bonds. The first-order valence-electron chi connectivity index (χ1n) is 7.28. The van der Waals surface area contributed by atoms with E-state index in [0.717, 1.165) is 18.4 Å². The van der Waals surface area contributed by atoms with E-state index in [0.29, 0.717) is 25.4 Å². The zero-order valence-electron chi connectivity index (χ0n) is 11.8. The number of nitrogens with zero attached hydrogens (tertiary/aromatic N) is 1. The van der Waals surface area contributed by atoms with Crippen molar-refractivity contribution < 1.29 is 9.18 Å². The van der Waals surface area contributed by atoms with Crippen LogP contribution in [0.15, 0.2) is 41.8 Å². The first kappa shape index (κ1) is 14.3. The van der Waals surface area contributed by atoms with E-state index in [4.69, 9.17) is 0 Å². The van der Waals surface area contributed by atoms with Crippen molar-refractivity contribution in [3.8, 4) is 0 Å². The third kappa shape index (κ3) is 3.91. The fraction of sp³-hybridized carbons (Fsp3) is 0.353. The van der Waals surface area contributed by atoms with Gasteiger partial charge < -0.3 is 4.90 Å². The lowest BCUT2D eigenvalue weighted by atomic mass is 10.1. The van der Waals surface area contributed by atoms with E-state index in [1.54, 1.807) is 17.4 Å². The molecule has 1 aromatic carbocycles. The van der Waals surface area contributed by atoms with Crippen LogP contribution in [0.3, 0.4) is 0 Å². The molecule has 1 aliphatic rings. The van der Waals surface area contributed by atoms with Gasteiger partial charge in [0.2, 0.25) is 5.91 Å². The molecule has 0 aliphatic heterocycles. The Morgan fingerprint density at radius 3 is 2.81 bits per heavy atom. The van der Waals surface area contributed by atoms with Gasteiger partial charge in [0.25, 0.3) is 0 Å². The lowest BCUT2D eigenvalue weighted by Crippen LogP contribution is -2.32. The molecule has 0 N–H and O–H groups in total. The van der Waals surface area contributed by atoms with E-state index in [-0.39, 0.29) is 11.7 Å². The Balaban J connectivity index is 1.59. The number of carbonyl (C=O) groups is 1. The van der Waals surface area contributed by atoms with E-state index in [9.17, 15) is 9.18 Å². The van der Waals surface area contributed by atoms with Gasteiger partial charge >= 0.3 is 0 Å². The number of hydrogen-bond donors (Lipinski definition) is 0. The third-order valence-corrected chi connectivity index (χ3v) is 4.59. The monoisotopic (exact) mass is 303 g/mol. The van der Waals surface area contributed by atoms with E-state index in [2.05, 4.69) is 6.07 Å². The Kier molecular flexibility index (Phi) is 4.34. The summed E-state index contributed by atoms with van der Waals surface area (Å²) >= 11 is 1.69. The molecule has 4 heteroatoms. The van der Waals surface area contributed by atoms with Crippen molar-refractivity contribution in [2.75, 3.05) is 0 Å². The van der Waals surface area contributed by atoms with E-state index >= 15 is 0 Å². The zero-order valence-corrected chi connectivity index (χ0v) is 12.6. The molecule has 0 atom stereocenters. The second kappa shape index (κ2) is 6.39. The smallest absolute Gasteiger partial charge is 0.223 e. The van der Waals surface area contributed by atoms with Crippen LogP contribution in [0.1, 0.15) is 29.7 Å². The number of rotatable bonds is 6. The van der Waals surface area contributed by atoms with Gasteiger partial charge in [-0.15, -0.1) is 11.3 Å². The minimum absolute atomic E-state index is 0.176. The van der Waals surface area contributed by atoms with Crippen LogP contribution in [0.25, 0.3) is 0 Å². The summed E-state index contributed by atoms with van der Waals surface area (Å²) in [6.45, 7) is 0.713. The van der Waals surface area contributed by atoms with Crippen LogP contribution in [0, 0.1) is 5.82 Å². The Labute approximate surface area is 128 Å². The predicted molar refractivity (Wildman–Crippen MR) is 82.6 cm³/mol. The maximum Gasteiger partial charge on any atom is 0.223 e. The molecular formula is C17H18FNOS. The molecule has 0 saturated heterocycles. The molecule has 0 radical (unpaired) electrons. The van der Waals surface area contributed by atoms with Crippen LogP contribution in [-0.4, -0.2) is 16.8 Å². The normalized spacial score (nSPS) is 14.1. The molecule has 0 unspecified atom stereocenters. The van der Waals surface area contributed by atoms with Gasteiger partial charge in [0, 0.05) is 17.3 Å². The molecule has 1 saturated carbocycles. The lowest BCUT2D eigenvalue weighted by Gasteiger charge is -2.22. The standard InChI is InChI=1S/C17H18FNOS/c18-14-4-1-3-13(11-14)6-9-17(20)19(15-7-8-15)12-16-5-2-10-21-16/h1-5,10-11,15H,6-9,12H2. The number of hydrogen-bond acceptors (Lipinski definition) is 2. The average Bonchev–Trinajstić information content (AvgIpc) is 3.19. The molecule has 1 fully saturated rings. The molecule has 1 aliphatic carbocycles. The van der Waals surface area contributed by atoms with E-state index in [1.807, 2.05) is 22.4 Å². The number of carbonyl (C=O) groups excluding carboxylic acids is 1. The summed E-state index contributed by atoms with van der Waals surface area (Å²) in [6, 6.07) is 11.0. The molecule has 1 aromatic heterocycles. The van der Waals surface area contributed by atoms with E-state index in [1.165, 1.54) is 17.0 Å². The summed E-state index contributed by atoms with van der Waals surface area (Å²) in [5, 5.41) is 2.04. The summed E-state index contributed by atoms with van der Waals surface area (Å²) in [7, 11) is 0. The van der Waals surface area contributed by atoms with Crippen LogP contribution in [0.5, 0.6) is 0 Å². The van der Waals surface area contributed by atoms with Crippen molar-refractivity contribution in [2.24, 2.45) is 0 Å². The second-order valence-electron chi connectivity index (χ2n) is 5.46. The Morgan fingerprint density at radius 2 is 2.14 bits per heavy atom. The van der Waals surface area contributed by atoms with Crippen LogP contribution in [0.2, 0.25) is 0 Å². The molecule has 110 valence electrons. The van der Waals surface area contributed by atoms with E-state index < -0.39 is 0 Å². The van der Waals surface area contributed by atoms with Gasteiger partial charge in [-0.2, -0.15) is 0 Å². The highest BCUT2D eigenvalue weighted by Crippen LogP contribution is 2.30. The molecule has 0 spiro atoms. The second-order valence-corrected chi connectivity index (χ2v) is 6.49. The number of halogens is 1. The molecule has 1 heterocycles. The molecule has 2 nitrogen and oxygen atoms in total. The predicted octanol–water partition coefficient (Wildman–Crippen LogP) is 4.01. The topological polar surface area (TPSA) is 20.3 Å². The fourth-order valence-electron chi connectivity index (χ4n) is 2.46. The van der Waals surface area contributed by atoms with Crippen LogP contribution >= 0.6 is 11.3 Å². The van der Waals surface area contributed by atoms with Crippen molar-refractivity contribution in [3.63, 3.8) is 0 Å². The van der Waals surface area contributed by atoms with Gasteiger partial charge in [-0.05, 0) is 48.4 Å². The van der Waals surface area contributed by atoms with Gasteiger partial charge in [0.1, 0.15) is 5.82 Å². The first-order valence-corrected chi connectivity index (χ1v) is 8.16. The van der Waals surface area contributed by atoms with Gasteiger partial charge in [-0.1, -0.05) is 18.2 Å². The zero-order chi connectivity index (χ0) is 14.7. The molecule has 0 bridgehead atoms. The summed E-state index contributed by atoms with van der Waals surface area (Å²) in [5.74, 6) is -0.0623. The van der Waals surface area contributed by atoms with Crippen molar-refractivity contribution in [1.82, 2.24) is 4.90 Å². The molecular weight excluding hydrogens is 285 g/mol. The number of amides is 1. The largest absolute Gasteiger partial charge is 0.335 e. The van der Waals surface area contributed by atoms with Crippen LogP contribution < -0.4 is 0 Å². The van der Waals surface area contributed by atoms with Crippen molar-refractivity contribution in [2.45, 2.75) is 38.3 Å². The highest BCUT2D eigenvalue weighted by molar-refractivity contribution is 7.09. The van der Waals surface area contributed by atoms with Crippen molar-refractivity contribution >= 4 is 17.2 Å². The van der Waals surface area contributed by atoms with Gasteiger partial charge in [-0.3, -0.25) is 4.79 Å². The molecule has 21 heavy (non-hydrogen) atoms. The van der Waals surface area contributed by atoms with Crippen molar-refractivity contribution in [3.05, 3.63) is 58.0 Å². The first-order chi connectivity index (χ1) is 10.2. The lowest BCUT2D eigenvalue weighted by molar-refractivity contribution is -0.132. The number of benzene rings is 1. The summed E-state index contributed by atoms with van der Waals surface area (Å²) in [4.78, 5) is 15.7. The van der Waals surface area contributed by atoms with Crippen LogP contribution in [0.4, 0.5) is 4.39 Å². The third-order valence-electron chi connectivity index (χ3n) is 3.73. The molecule has 3 rings (SSSR count). The van der Waals surface area contributed by atoms with Gasteiger partial charge in [0.05, 0.1) is 6.54 Å². The summed E-state index contributed by atoms with van der Waals surface area (Å²) in [5.41, 5.74) is 0.884. The fourth-order valence-corrected chi connectivity index (χ4v) is 3.17. The summed E-state index contributed by atoms with van der Waals surface area (Å²) < 4.78 is 13.1. The molecule has 2 aromatic rings. The maximum atomic E-state index is 13.1. The SMILES string of the molecule is O=C(CCc1cccc(F)c1)N(Cc1cccs1)C1CC1.